The van der Waals surface area contributed by atoms with Gasteiger partial charge in [-0.15, -0.1) is 0 Å². The quantitative estimate of drug-likeness (QED) is 0.771. The Bertz CT molecular complexity index is 498. The molecule has 3 N–H and O–H groups in total. The van der Waals surface area contributed by atoms with E-state index in [0.717, 1.165) is 0 Å². The van der Waals surface area contributed by atoms with Gasteiger partial charge in [0.05, 0.1) is 0 Å². The summed E-state index contributed by atoms with van der Waals surface area (Å²) in [5.74, 6) is -1.02. The van der Waals surface area contributed by atoms with E-state index in [0.29, 0.717) is 18.5 Å². The summed E-state index contributed by atoms with van der Waals surface area (Å²) in [6, 6.07) is 5.66. The van der Waals surface area contributed by atoms with Gasteiger partial charge >= 0.3 is 12.0 Å². The lowest BCUT2D eigenvalue weighted by molar-refractivity contribution is -0.144. The average Bonchev–Trinajstić information content (AvgIpc) is 2.43. The Kier molecular flexibility index (Phi) is 4.96. The first-order valence-electron chi connectivity index (χ1n) is 6.44. The Morgan fingerprint density at radius 1 is 1.30 bits per heavy atom. The third kappa shape index (κ3) is 3.20. The fraction of sp³-hybridized carbons (Fsp3) is 0.429. The number of hydrogen-bond acceptors (Lipinski definition) is 3. The zero-order valence-electron chi connectivity index (χ0n) is 11.9. The number of carbonyl (C=O) groups is 2. The van der Waals surface area contributed by atoms with E-state index >= 15 is 0 Å². The highest BCUT2D eigenvalue weighted by atomic mass is 16.4. The lowest BCUT2D eigenvalue weighted by Gasteiger charge is -2.30. The van der Waals surface area contributed by atoms with Crippen molar-refractivity contribution < 1.29 is 19.8 Å². The molecule has 1 aromatic rings. The first-order valence-corrected chi connectivity index (χ1v) is 6.44. The number of benzene rings is 1. The zero-order valence-corrected chi connectivity index (χ0v) is 11.9. The number of carbonyl (C=O) groups excluding carboxylic acids is 1. The van der Waals surface area contributed by atoms with E-state index in [1.165, 1.54) is 24.1 Å². The van der Waals surface area contributed by atoms with Gasteiger partial charge in [-0.1, -0.05) is 19.9 Å². The van der Waals surface area contributed by atoms with Crippen molar-refractivity contribution in [3.8, 4) is 5.75 Å². The highest BCUT2D eigenvalue weighted by Crippen LogP contribution is 2.21. The molecule has 1 aromatic carbocycles. The number of nitrogens with one attached hydrogen (secondary N) is 1. The van der Waals surface area contributed by atoms with Gasteiger partial charge in [0.15, 0.2) is 0 Å². The third-order valence-electron chi connectivity index (χ3n) is 3.48. The number of aliphatic carboxylic acids is 1. The van der Waals surface area contributed by atoms with Gasteiger partial charge in [-0.05, 0) is 25.0 Å². The van der Waals surface area contributed by atoms with Crippen LogP contribution >= 0.6 is 0 Å². The second kappa shape index (κ2) is 6.27. The van der Waals surface area contributed by atoms with E-state index in [9.17, 15) is 19.8 Å². The maximum absolute atomic E-state index is 12.2. The molecule has 0 fully saturated rings. The SMILES string of the molecule is CCC(CC)(NC(=O)N(C)c1cccc(O)c1)C(=O)O. The van der Waals surface area contributed by atoms with E-state index in [2.05, 4.69) is 5.32 Å². The number of carboxylic acids is 1. The highest BCUT2D eigenvalue weighted by molar-refractivity contribution is 5.95. The number of phenolic OH excluding ortho intramolecular Hbond substituents is 1. The first-order chi connectivity index (χ1) is 9.36. The van der Waals surface area contributed by atoms with Gasteiger partial charge in [0.1, 0.15) is 11.3 Å². The number of amides is 2. The Morgan fingerprint density at radius 2 is 1.90 bits per heavy atom. The summed E-state index contributed by atoms with van der Waals surface area (Å²) < 4.78 is 0. The van der Waals surface area contributed by atoms with E-state index in [4.69, 9.17) is 0 Å². The predicted molar refractivity (Wildman–Crippen MR) is 76.0 cm³/mol. The molecule has 0 saturated heterocycles. The number of carboxylic acid groups (broad SMARTS) is 1. The van der Waals surface area contributed by atoms with Crippen molar-refractivity contribution >= 4 is 17.7 Å². The standard InChI is InChI=1S/C14H20N2O4/c1-4-14(5-2,12(18)19)15-13(20)16(3)10-7-6-8-11(17)9-10/h6-9,17H,4-5H2,1-3H3,(H,15,20)(H,18,19). The smallest absolute Gasteiger partial charge is 0.329 e. The molecule has 0 aliphatic carbocycles. The summed E-state index contributed by atoms with van der Waals surface area (Å²) in [7, 11) is 1.52. The van der Waals surface area contributed by atoms with Crippen molar-refractivity contribution in [1.82, 2.24) is 5.32 Å². The molecule has 0 aromatic heterocycles. The van der Waals surface area contributed by atoms with Crippen molar-refractivity contribution in [3.05, 3.63) is 24.3 Å². The van der Waals surface area contributed by atoms with E-state index in [-0.39, 0.29) is 5.75 Å². The van der Waals surface area contributed by atoms with Crippen LogP contribution in [0.25, 0.3) is 0 Å². The Labute approximate surface area is 118 Å². The average molecular weight is 280 g/mol. The molecule has 0 atom stereocenters. The topological polar surface area (TPSA) is 89.9 Å². The Hall–Kier alpha value is -2.24. The van der Waals surface area contributed by atoms with E-state index in [1.54, 1.807) is 26.0 Å². The van der Waals surface area contributed by atoms with Crippen molar-refractivity contribution in [1.29, 1.82) is 0 Å². The molecule has 0 spiro atoms. The molecule has 2 amide bonds. The van der Waals surface area contributed by atoms with Crippen LogP contribution in [0.1, 0.15) is 26.7 Å². The highest BCUT2D eigenvalue weighted by Gasteiger charge is 2.37. The molecular weight excluding hydrogens is 260 g/mol. The zero-order chi connectivity index (χ0) is 15.3. The molecule has 0 saturated carbocycles. The molecular formula is C14H20N2O4. The lowest BCUT2D eigenvalue weighted by atomic mass is 9.93. The number of nitrogens with zero attached hydrogens (tertiary/aromatic N) is 1. The number of hydrogen-bond donors (Lipinski definition) is 3. The van der Waals surface area contributed by atoms with Crippen LogP contribution in [-0.2, 0) is 4.79 Å². The minimum atomic E-state index is -1.28. The number of urea groups is 1. The minimum Gasteiger partial charge on any atom is -0.508 e. The summed E-state index contributed by atoms with van der Waals surface area (Å²) in [5, 5.41) is 21.3. The van der Waals surface area contributed by atoms with Crippen molar-refractivity contribution in [3.63, 3.8) is 0 Å². The third-order valence-corrected chi connectivity index (χ3v) is 3.48. The van der Waals surface area contributed by atoms with Gasteiger partial charge < -0.3 is 15.5 Å². The molecule has 0 unspecified atom stereocenters. The Balaban J connectivity index is 2.92. The first kappa shape index (κ1) is 15.8. The summed E-state index contributed by atoms with van der Waals surface area (Å²) in [4.78, 5) is 24.8. The Morgan fingerprint density at radius 3 is 2.35 bits per heavy atom. The van der Waals surface area contributed by atoms with Crippen LogP contribution in [0.15, 0.2) is 24.3 Å². The molecule has 6 heteroatoms. The van der Waals surface area contributed by atoms with Crippen LogP contribution < -0.4 is 10.2 Å². The molecule has 20 heavy (non-hydrogen) atoms. The summed E-state index contributed by atoms with van der Waals surface area (Å²) in [6.45, 7) is 3.43. The second-order valence-electron chi connectivity index (χ2n) is 4.60. The van der Waals surface area contributed by atoms with Crippen molar-refractivity contribution in [2.75, 3.05) is 11.9 Å². The monoisotopic (exact) mass is 280 g/mol. The van der Waals surface area contributed by atoms with Crippen LogP contribution in [0, 0.1) is 0 Å². The molecule has 0 radical (unpaired) electrons. The lowest BCUT2D eigenvalue weighted by Crippen LogP contribution is -2.56. The number of rotatable bonds is 5. The van der Waals surface area contributed by atoms with Crippen LogP contribution in [0.4, 0.5) is 10.5 Å². The predicted octanol–water partition coefficient (Wildman–Crippen LogP) is 2.18. The van der Waals surface area contributed by atoms with Crippen molar-refractivity contribution in [2.24, 2.45) is 0 Å². The molecule has 1 rings (SSSR count). The number of phenols is 1. The van der Waals surface area contributed by atoms with Gasteiger partial charge in [0.25, 0.3) is 0 Å². The molecule has 0 bridgehead atoms. The molecule has 6 nitrogen and oxygen atoms in total. The van der Waals surface area contributed by atoms with Crippen LogP contribution in [0.2, 0.25) is 0 Å². The van der Waals surface area contributed by atoms with Crippen molar-refractivity contribution in [2.45, 2.75) is 32.2 Å². The maximum Gasteiger partial charge on any atom is 0.329 e. The number of anilines is 1. The van der Waals surface area contributed by atoms with E-state index < -0.39 is 17.5 Å². The fourth-order valence-electron chi connectivity index (χ4n) is 1.89. The molecule has 0 heterocycles. The van der Waals surface area contributed by atoms with Crippen LogP contribution in [0.5, 0.6) is 5.75 Å². The van der Waals surface area contributed by atoms with Crippen LogP contribution in [0.3, 0.4) is 0 Å². The van der Waals surface area contributed by atoms with Gasteiger partial charge in [-0.25, -0.2) is 9.59 Å². The maximum atomic E-state index is 12.2. The molecule has 0 aliphatic heterocycles. The summed E-state index contributed by atoms with van der Waals surface area (Å²) >= 11 is 0. The summed E-state index contributed by atoms with van der Waals surface area (Å²) in [5.41, 5.74) is -0.795. The van der Waals surface area contributed by atoms with Gasteiger partial charge in [-0.3, -0.25) is 4.90 Å². The largest absolute Gasteiger partial charge is 0.508 e. The van der Waals surface area contributed by atoms with Gasteiger partial charge in [-0.2, -0.15) is 0 Å². The van der Waals surface area contributed by atoms with Crippen LogP contribution in [-0.4, -0.2) is 34.8 Å². The van der Waals surface area contributed by atoms with Gasteiger partial charge in [0.2, 0.25) is 0 Å². The molecule has 110 valence electrons. The normalized spacial score (nSPS) is 10.9. The fourth-order valence-corrected chi connectivity index (χ4v) is 1.89. The van der Waals surface area contributed by atoms with E-state index in [1.807, 2.05) is 0 Å². The number of aromatic hydroxyl groups is 1. The second-order valence-corrected chi connectivity index (χ2v) is 4.60. The summed E-state index contributed by atoms with van der Waals surface area (Å²) in [6.07, 6.45) is 0.580. The van der Waals surface area contributed by atoms with Gasteiger partial charge in [0, 0.05) is 18.8 Å². The minimum absolute atomic E-state index is 0.0395. The molecule has 0 aliphatic rings.